The van der Waals surface area contributed by atoms with Crippen molar-refractivity contribution in [2.75, 3.05) is 33.2 Å². The van der Waals surface area contributed by atoms with Gasteiger partial charge in [-0.25, -0.2) is 0 Å². The van der Waals surface area contributed by atoms with Gasteiger partial charge in [0.25, 0.3) is 0 Å². The number of carbonyl (C=O) groups is 1. The molecular weight excluding hydrogens is 404 g/mol. The van der Waals surface area contributed by atoms with E-state index < -0.39 is 6.61 Å². The van der Waals surface area contributed by atoms with E-state index in [0.29, 0.717) is 16.9 Å². The van der Waals surface area contributed by atoms with E-state index in [1.807, 2.05) is 4.90 Å². The van der Waals surface area contributed by atoms with Gasteiger partial charge >= 0.3 is 6.61 Å². The molecule has 1 N–H and O–H groups in total. The van der Waals surface area contributed by atoms with Crippen molar-refractivity contribution in [3.05, 3.63) is 35.2 Å². The first-order valence-corrected chi connectivity index (χ1v) is 9.68. The molecule has 1 aromatic carbocycles. The van der Waals surface area contributed by atoms with E-state index >= 15 is 0 Å². The predicted molar refractivity (Wildman–Crippen MR) is 104 cm³/mol. The van der Waals surface area contributed by atoms with E-state index in [1.54, 1.807) is 0 Å². The quantitative estimate of drug-likeness (QED) is 0.736. The van der Waals surface area contributed by atoms with Crippen molar-refractivity contribution in [3.8, 4) is 17.0 Å². The topological polar surface area (TPSA) is 74.4 Å². The Bertz CT molecular complexity index is 908. The summed E-state index contributed by atoms with van der Waals surface area (Å²) in [6.07, 6.45) is 1.41. The number of hydrogen-bond acceptors (Lipinski definition) is 4. The average molecular weight is 425 g/mol. The zero-order valence-corrected chi connectivity index (χ0v) is 16.6. The first-order chi connectivity index (χ1) is 13.8. The normalized spacial score (nSPS) is 21.8. The summed E-state index contributed by atoms with van der Waals surface area (Å²) >= 11 is 5.99. The Balaban J connectivity index is 1.50. The fourth-order valence-electron chi connectivity index (χ4n) is 4.26. The smallest absolute Gasteiger partial charge is 0.387 e. The number of nitrogens with one attached hydrogen (secondary N) is 1. The summed E-state index contributed by atoms with van der Waals surface area (Å²) in [5.41, 5.74) is 8.48. The van der Waals surface area contributed by atoms with E-state index in [9.17, 15) is 13.6 Å². The van der Waals surface area contributed by atoms with Crippen molar-refractivity contribution in [2.24, 2.45) is 11.8 Å². The predicted octanol–water partition coefficient (Wildman–Crippen LogP) is 3.51. The molecule has 2 saturated heterocycles. The standard InChI is InChI=1S/C19H21ClF2N5O2/c1-25-5-11-7-26(8-12(11)6-25)17(28)10-27-9-15(23)18(24-27)14-4-13(20)2-3-16(14)29-19(21)22/h2-4,9,11-12,19,23H,5-8,10H2,1H3/q-1. The van der Waals surface area contributed by atoms with Gasteiger partial charge in [-0.05, 0) is 37.1 Å². The zero-order chi connectivity index (χ0) is 20.7. The fraction of sp³-hybridized carbons (Fsp3) is 0.474. The van der Waals surface area contributed by atoms with Gasteiger partial charge in [0.15, 0.2) is 0 Å². The number of amides is 1. The molecule has 4 rings (SSSR count). The molecule has 2 aromatic rings. The van der Waals surface area contributed by atoms with Crippen LogP contribution in [-0.4, -0.2) is 65.3 Å². The van der Waals surface area contributed by atoms with E-state index in [2.05, 4.69) is 21.8 Å². The molecule has 7 nitrogen and oxygen atoms in total. The number of nitrogens with zero attached hydrogens (tertiary/aromatic N) is 4. The average Bonchev–Trinajstić information content (AvgIpc) is 3.28. The lowest BCUT2D eigenvalue weighted by atomic mass is 10.0. The molecule has 2 aliphatic heterocycles. The van der Waals surface area contributed by atoms with E-state index in [0.717, 1.165) is 26.2 Å². The summed E-state index contributed by atoms with van der Waals surface area (Å²) in [5, 5.41) is 4.58. The molecule has 2 fully saturated rings. The third kappa shape index (κ3) is 4.16. The number of alkyl halides is 2. The van der Waals surface area contributed by atoms with Crippen molar-refractivity contribution >= 4 is 23.2 Å². The summed E-state index contributed by atoms with van der Waals surface area (Å²) in [5.74, 6) is 0.825. The lowest BCUT2D eigenvalue weighted by molar-refractivity contribution is -0.131. The highest BCUT2D eigenvalue weighted by Gasteiger charge is 2.40. The molecular formula is C19H21ClF2N5O2-. The molecule has 0 spiro atoms. The SMILES string of the molecule is CN1CC2CN(C(=O)Cn3cc([NH-])c(-c4cc(Cl)ccc4OC(F)F)n3)CC2C1. The van der Waals surface area contributed by atoms with Gasteiger partial charge < -0.3 is 20.3 Å². The number of carbonyl (C=O) groups excluding carboxylic acids is 1. The van der Waals surface area contributed by atoms with Crippen LogP contribution in [0.25, 0.3) is 17.0 Å². The molecule has 0 bridgehead atoms. The molecule has 0 saturated carbocycles. The number of ether oxygens (including phenoxy) is 1. The summed E-state index contributed by atoms with van der Waals surface area (Å²) in [4.78, 5) is 16.8. The number of rotatable bonds is 5. The molecule has 156 valence electrons. The van der Waals surface area contributed by atoms with E-state index in [1.165, 1.54) is 29.1 Å². The summed E-state index contributed by atoms with van der Waals surface area (Å²) < 4.78 is 31.3. The van der Waals surface area contributed by atoms with E-state index in [-0.39, 0.29) is 35.1 Å². The highest BCUT2D eigenvalue weighted by Crippen LogP contribution is 2.37. The second-order valence-electron chi connectivity index (χ2n) is 7.65. The van der Waals surface area contributed by atoms with Crippen molar-refractivity contribution in [1.82, 2.24) is 19.6 Å². The van der Waals surface area contributed by atoms with Gasteiger partial charge in [-0.3, -0.25) is 9.48 Å². The van der Waals surface area contributed by atoms with Gasteiger partial charge in [0.2, 0.25) is 5.91 Å². The minimum absolute atomic E-state index is 0.000834. The molecule has 0 radical (unpaired) electrons. The van der Waals surface area contributed by atoms with Crippen molar-refractivity contribution in [2.45, 2.75) is 13.2 Å². The van der Waals surface area contributed by atoms with Crippen LogP contribution in [0, 0.1) is 11.8 Å². The first kappa shape index (κ1) is 19.9. The molecule has 0 aliphatic carbocycles. The maximum atomic E-state index is 12.7. The van der Waals surface area contributed by atoms with E-state index in [4.69, 9.17) is 17.3 Å². The largest absolute Gasteiger partial charge is 0.696 e. The maximum Gasteiger partial charge on any atom is 0.387 e. The number of benzene rings is 1. The zero-order valence-electron chi connectivity index (χ0n) is 15.8. The molecule has 1 aromatic heterocycles. The van der Waals surface area contributed by atoms with Crippen LogP contribution in [0.4, 0.5) is 14.5 Å². The lowest BCUT2D eigenvalue weighted by Crippen LogP contribution is -2.34. The Morgan fingerprint density at radius 2 is 2.00 bits per heavy atom. The molecule has 10 heteroatoms. The molecule has 3 heterocycles. The highest BCUT2D eigenvalue weighted by atomic mass is 35.5. The monoisotopic (exact) mass is 424 g/mol. The minimum Gasteiger partial charge on any atom is -0.696 e. The lowest BCUT2D eigenvalue weighted by Gasteiger charge is -2.19. The summed E-state index contributed by atoms with van der Waals surface area (Å²) in [6.45, 7) is 0.443. The molecule has 2 aliphatic rings. The van der Waals surface area contributed by atoms with Gasteiger partial charge in [0.05, 0.1) is 5.69 Å². The van der Waals surface area contributed by atoms with Crippen LogP contribution < -0.4 is 4.74 Å². The van der Waals surface area contributed by atoms with Crippen LogP contribution in [0.3, 0.4) is 0 Å². The second kappa shape index (κ2) is 7.79. The van der Waals surface area contributed by atoms with Gasteiger partial charge in [-0.2, -0.15) is 13.9 Å². The highest BCUT2D eigenvalue weighted by molar-refractivity contribution is 6.31. The molecule has 2 atom stereocenters. The van der Waals surface area contributed by atoms with Crippen LogP contribution in [0.5, 0.6) is 5.75 Å². The first-order valence-electron chi connectivity index (χ1n) is 9.30. The summed E-state index contributed by atoms with van der Waals surface area (Å²) in [7, 11) is 2.09. The molecule has 29 heavy (non-hydrogen) atoms. The summed E-state index contributed by atoms with van der Waals surface area (Å²) in [6, 6.07) is 4.16. The van der Waals surface area contributed by atoms with Crippen molar-refractivity contribution < 1.29 is 18.3 Å². The van der Waals surface area contributed by atoms with Crippen LogP contribution in [0.2, 0.25) is 5.02 Å². The fourth-order valence-corrected chi connectivity index (χ4v) is 4.43. The number of fused-ring (bicyclic) bond motifs is 1. The van der Waals surface area contributed by atoms with Crippen molar-refractivity contribution in [1.29, 1.82) is 0 Å². The van der Waals surface area contributed by atoms with Crippen LogP contribution >= 0.6 is 11.6 Å². The van der Waals surface area contributed by atoms with Gasteiger partial charge in [-0.15, -0.1) is 0 Å². The van der Waals surface area contributed by atoms with Crippen LogP contribution in [0.15, 0.2) is 24.4 Å². The number of hydrogen-bond donors (Lipinski definition) is 0. The Morgan fingerprint density at radius 1 is 1.31 bits per heavy atom. The number of aromatic nitrogens is 2. The maximum absolute atomic E-state index is 12.7. The van der Waals surface area contributed by atoms with Gasteiger partial charge in [0, 0.05) is 43.0 Å². The minimum atomic E-state index is -3.01. The Kier molecular flexibility index (Phi) is 5.35. The van der Waals surface area contributed by atoms with Crippen molar-refractivity contribution in [3.63, 3.8) is 0 Å². The number of likely N-dealkylation sites (tertiary alicyclic amines) is 2. The van der Waals surface area contributed by atoms with Crippen LogP contribution in [0.1, 0.15) is 0 Å². The van der Waals surface area contributed by atoms with Gasteiger partial charge in [0.1, 0.15) is 12.3 Å². The third-order valence-electron chi connectivity index (χ3n) is 5.49. The third-order valence-corrected chi connectivity index (χ3v) is 5.73. The Morgan fingerprint density at radius 3 is 2.66 bits per heavy atom. The van der Waals surface area contributed by atoms with Gasteiger partial charge in [-0.1, -0.05) is 17.3 Å². The molecule has 1 amide bonds. The molecule has 2 unspecified atom stereocenters. The Labute approximate surface area is 172 Å². The second-order valence-corrected chi connectivity index (χ2v) is 8.08. The van der Waals surface area contributed by atoms with Crippen LogP contribution in [-0.2, 0) is 11.3 Å². The number of halogens is 3. The Hall–Kier alpha value is -2.39.